The van der Waals surface area contributed by atoms with E-state index >= 15 is 0 Å². The van der Waals surface area contributed by atoms with Crippen molar-refractivity contribution in [1.29, 1.82) is 0 Å². The highest BCUT2D eigenvalue weighted by Crippen LogP contribution is 2.22. The van der Waals surface area contributed by atoms with Crippen molar-refractivity contribution in [3.63, 3.8) is 0 Å². The van der Waals surface area contributed by atoms with Crippen molar-refractivity contribution in [3.05, 3.63) is 48.4 Å². The molecule has 0 spiro atoms. The molecular weight excluding hydrogens is 280 g/mol. The van der Waals surface area contributed by atoms with Gasteiger partial charge in [0.15, 0.2) is 5.76 Å². The summed E-state index contributed by atoms with van der Waals surface area (Å²) in [5, 5.41) is 2.82. The van der Waals surface area contributed by atoms with Gasteiger partial charge in [-0.3, -0.25) is 4.79 Å². The minimum Gasteiger partial charge on any atom is -0.459 e. The number of nitrogens with one attached hydrogen (secondary N) is 1. The Kier molecular flexibility index (Phi) is 4.15. The molecule has 1 aromatic carbocycles. The number of amides is 1. The number of hydrogen-bond donors (Lipinski definition) is 1. The fourth-order valence-corrected chi connectivity index (χ4v) is 2.74. The van der Waals surface area contributed by atoms with Crippen LogP contribution in [0.2, 0.25) is 0 Å². The molecule has 1 saturated heterocycles. The number of carbonyl (C=O) groups is 1. The number of hydrogen-bond acceptors (Lipinski definition) is 4. The van der Waals surface area contributed by atoms with E-state index in [1.165, 1.54) is 6.26 Å². The van der Waals surface area contributed by atoms with Crippen LogP contribution < -0.4 is 10.2 Å². The van der Waals surface area contributed by atoms with Crippen LogP contribution in [0.1, 0.15) is 24.4 Å². The Hall–Kier alpha value is -2.27. The lowest BCUT2D eigenvalue weighted by atomic mass is 10.2. The lowest BCUT2D eigenvalue weighted by molar-refractivity contribution is -0.00521. The minimum atomic E-state index is -0.244. The van der Waals surface area contributed by atoms with Gasteiger partial charge >= 0.3 is 0 Å². The van der Waals surface area contributed by atoms with Crippen molar-refractivity contribution in [2.75, 3.05) is 23.3 Å². The molecule has 116 valence electrons. The number of furan rings is 1. The Balaban J connectivity index is 1.66. The van der Waals surface area contributed by atoms with E-state index < -0.39 is 0 Å². The molecule has 1 aliphatic heterocycles. The molecule has 1 aliphatic rings. The van der Waals surface area contributed by atoms with Gasteiger partial charge in [0.1, 0.15) is 0 Å². The lowest BCUT2D eigenvalue weighted by Gasteiger charge is -2.36. The van der Waals surface area contributed by atoms with E-state index in [1.807, 2.05) is 24.3 Å². The number of ether oxygens (including phenoxy) is 1. The zero-order chi connectivity index (χ0) is 15.5. The predicted molar refractivity (Wildman–Crippen MR) is 85.3 cm³/mol. The van der Waals surface area contributed by atoms with Gasteiger partial charge in [0.05, 0.1) is 18.5 Å². The average Bonchev–Trinajstić information content (AvgIpc) is 3.01. The highest BCUT2D eigenvalue weighted by atomic mass is 16.5. The second-order valence-corrected chi connectivity index (χ2v) is 5.64. The maximum atomic E-state index is 11.9. The fourth-order valence-electron chi connectivity index (χ4n) is 2.74. The molecule has 1 amide bonds. The van der Waals surface area contributed by atoms with Gasteiger partial charge in [0.25, 0.3) is 5.91 Å². The molecule has 5 heteroatoms. The van der Waals surface area contributed by atoms with E-state index in [9.17, 15) is 4.79 Å². The Morgan fingerprint density at radius 1 is 1.14 bits per heavy atom. The quantitative estimate of drug-likeness (QED) is 0.946. The highest BCUT2D eigenvalue weighted by Gasteiger charge is 2.22. The topological polar surface area (TPSA) is 54.7 Å². The second kappa shape index (κ2) is 6.23. The molecule has 0 radical (unpaired) electrons. The van der Waals surface area contributed by atoms with E-state index in [0.717, 1.165) is 24.5 Å². The smallest absolute Gasteiger partial charge is 0.291 e. The molecule has 1 N–H and O–H groups in total. The molecule has 2 atom stereocenters. The van der Waals surface area contributed by atoms with Crippen LogP contribution in [0.25, 0.3) is 0 Å². The Labute approximate surface area is 129 Å². The summed E-state index contributed by atoms with van der Waals surface area (Å²) < 4.78 is 10.8. The van der Waals surface area contributed by atoms with Crippen molar-refractivity contribution >= 4 is 17.3 Å². The first kappa shape index (κ1) is 14.7. The molecular formula is C17H20N2O3. The number of morpholine rings is 1. The molecule has 22 heavy (non-hydrogen) atoms. The van der Waals surface area contributed by atoms with Gasteiger partial charge in [-0.05, 0) is 50.2 Å². The van der Waals surface area contributed by atoms with Crippen LogP contribution in [0, 0.1) is 0 Å². The summed E-state index contributed by atoms with van der Waals surface area (Å²) in [6.45, 7) is 5.92. The summed E-state index contributed by atoms with van der Waals surface area (Å²) in [5.74, 6) is 0.0614. The van der Waals surface area contributed by atoms with Crippen molar-refractivity contribution in [2.45, 2.75) is 26.1 Å². The van der Waals surface area contributed by atoms with Gasteiger partial charge < -0.3 is 19.4 Å². The van der Waals surface area contributed by atoms with Crippen molar-refractivity contribution < 1.29 is 13.9 Å². The third kappa shape index (κ3) is 3.31. The number of rotatable bonds is 3. The first-order valence-corrected chi connectivity index (χ1v) is 7.47. The van der Waals surface area contributed by atoms with E-state index in [2.05, 4.69) is 24.1 Å². The van der Waals surface area contributed by atoms with Gasteiger partial charge in [0.2, 0.25) is 0 Å². The van der Waals surface area contributed by atoms with Gasteiger partial charge in [-0.1, -0.05) is 0 Å². The summed E-state index contributed by atoms with van der Waals surface area (Å²) in [6.07, 6.45) is 1.93. The van der Waals surface area contributed by atoms with Crippen LogP contribution in [-0.4, -0.2) is 31.2 Å². The third-order valence-electron chi connectivity index (χ3n) is 3.65. The Morgan fingerprint density at radius 3 is 2.41 bits per heavy atom. The Morgan fingerprint density at radius 2 is 1.82 bits per heavy atom. The lowest BCUT2D eigenvalue weighted by Crippen LogP contribution is -2.45. The second-order valence-electron chi connectivity index (χ2n) is 5.64. The first-order chi connectivity index (χ1) is 10.6. The number of nitrogens with zero attached hydrogens (tertiary/aromatic N) is 1. The molecule has 2 heterocycles. The summed E-state index contributed by atoms with van der Waals surface area (Å²) in [7, 11) is 0. The largest absolute Gasteiger partial charge is 0.459 e. The Bertz CT molecular complexity index is 612. The average molecular weight is 300 g/mol. The van der Waals surface area contributed by atoms with Crippen LogP contribution in [0.15, 0.2) is 47.1 Å². The normalized spacial score (nSPS) is 21.6. The molecule has 5 nitrogen and oxygen atoms in total. The highest BCUT2D eigenvalue weighted by molar-refractivity contribution is 6.02. The summed E-state index contributed by atoms with van der Waals surface area (Å²) in [4.78, 5) is 14.2. The van der Waals surface area contributed by atoms with Gasteiger partial charge in [-0.2, -0.15) is 0 Å². The monoisotopic (exact) mass is 300 g/mol. The third-order valence-corrected chi connectivity index (χ3v) is 3.65. The SMILES string of the molecule is C[C@@H]1CN(c2ccc(NC(=O)c3ccco3)cc2)C[C@@H](C)O1. The molecule has 0 aliphatic carbocycles. The van der Waals surface area contributed by atoms with Crippen molar-refractivity contribution in [2.24, 2.45) is 0 Å². The summed E-state index contributed by atoms with van der Waals surface area (Å²) >= 11 is 0. The maximum Gasteiger partial charge on any atom is 0.291 e. The van der Waals surface area contributed by atoms with Crippen LogP contribution in [0.5, 0.6) is 0 Å². The number of anilines is 2. The van der Waals surface area contributed by atoms with Gasteiger partial charge in [0, 0.05) is 24.5 Å². The molecule has 0 saturated carbocycles. The molecule has 0 bridgehead atoms. The molecule has 0 unspecified atom stereocenters. The van der Waals surface area contributed by atoms with Gasteiger partial charge in [-0.25, -0.2) is 0 Å². The van der Waals surface area contributed by atoms with Crippen molar-refractivity contribution in [1.82, 2.24) is 0 Å². The van der Waals surface area contributed by atoms with Gasteiger partial charge in [-0.15, -0.1) is 0 Å². The standard InChI is InChI=1S/C17H20N2O3/c1-12-10-19(11-13(2)22-12)15-7-5-14(6-8-15)18-17(20)16-4-3-9-21-16/h3-9,12-13H,10-11H2,1-2H3,(H,18,20)/t12-,13-/m1/s1. The summed E-state index contributed by atoms with van der Waals surface area (Å²) in [6, 6.07) is 11.2. The maximum absolute atomic E-state index is 11.9. The molecule has 2 aromatic rings. The van der Waals surface area contributed by atoms with Crippen LogP contribution in [0.3, 0.4) is 0 Å². The van der Waals surface area contributed by atoms with E-state index in [-0.39, 0.29) is 18.1 Å². The van der Waals surface area contributed by atoms with Crippen LogP contribution in [0.4, 0.5) is 11.4 Å². The summed E-state index contributed by atoms with van der Waals surface area (Å²) in [5.41, 5.74) is 1.89. The zero-order valence-electron chi connectivity index (χ0n) is 12.8. The predicted octanol–water partition coefficient (Wildman–Crippen LogP) is 3.15. The molecule has 1 aromatic heterocycles. The van der Waals surface area contributed by atoms with Crippen molar-refractivity contribution in [3.8, 4) is 0 Å². The molecule has 1 fully saturated rings. The molecule has 3 rings (SSSR count). The zero-order valence-corrected chi connectivity index (χ0v) is 12.8. The van der Waals surface area contributed by atoms with Crippen LogP contribution in [-0.2, 0) is 4.74 Å². The first-order valence-electron chi connectivity index (χ1n) is 7.47. The van der Waals surface area contributed by atoms with Crippen LogP contribution >= 0.6 is 0 Å². The van der Waals surface area contributed by atoms with E-state index in [1.54, 1.807) is 12.1 Å². The van der Waals surface area contributed by atoms with E-state index in [0.29, 0.717) is 5.76 Å². The number of carbonyl (C=O) groups excluding carboxylic acids is 1. The number of benzene rings is 1. The van der Waals surface area contributed by atoms with E-state index in [4.69, 9.17) is 9.15 Å². The minimum absolute atomic E-state index is 0.224. The fraction of sp³-hybridized carbons (Fsp3) is 0.353.